The Bertz CT molecular complexity index is 1430. The van der Waals surface area contributed by atoms with Crippen molar-refractivity contribution < 1.29 is 4.79 Å². The van der Waals surface area contributed by atoms with E-state index in [9.17, 15) is 9.59 Å². The fourth-order valence-corrected chi connectivity index (χ4v) is 6.59. The van der Waals surface area contributed by atoms with Crippen molar-refractivity contribution >= 4 is 56.1 Å². The summed E-state index contributed by atoms with van der Waals surface area (Å²) in [4.78, 5) is 36.1. The van der Waals surface area contributed by atoms with Gasteiger partial charge in [0, 0.05) is 11.7 Å². The van der Waals surface area contributed by atoms with E-state index in [1.807, 2.05) is 50.2 Å². The fourth-order valence-electron chi connectivity index (χ4n) is 3.69. The van der Waals surface area contributed by atoms with Gasteiger partial charge in [-0.25, -0.2) is 9.97 Å². The van der Waals surface area contributed by atoms with Gasteiger partial charge in [0.25, 0.3) is 5.56 Å². The molecule has 33 heavy (non-hydrogen) atoms. The summed E-state index contributed by atoms with van der Waals surface area (Å²) in [5.41, 5.74) is 4.65. The van der Waals surface area contributed by atoms with Crippen molar-refractivity contribution in [1.29, 1.82) is 0 Å². The van der Waals surface area contributed by atoms with E-state index >= 15 is 0 Å². The number of amides is 1. The second-order valence-corrected chi connectivity index (χ2v) is 11.5. The second kappa shape index (κ2) is 8.96. The van der Waals surface area contributed by atoms with Crippen LogP contribution in [0.1, 0.15) is 23.7 Å². The third-order valence-electron chi connectivity index (χ3n) is 5.30. The van der Waals surface area contributed by atoms with Crippen molar-refractivity contribution in [2.75, 3.05) is 11.1 Å². The van der Waals surface area contributed by atoms with Crippen molar-refractivity contribution in [3.05, 3.63) is 69.6 Å². The van der Waals surface area contributed by atoms with Crippen molar-refractivity contribution in [3.8, 4) is 5.69 Å². The molecule has 2 aromatic carbocycles. The highest BCUT2D eigenvalue weighted by molar-refractivity contribution is 8.00. The third-order valence-corrected chi connectivity index (χ3v) is 8.38. The molecule has 0 bridgehead atoms. The van der Waals surface area contributed by atoms with Crippen molar-refractivity contribution in [2.24, 2.45) is 0 Å². The summed E-state index contributed by atoms with van der Waals surface area (Å²) in [7, 11) is 0. The zero-order valence-electron chi connectivity index (χ0n) is 18.4. The maximum atomic E-state index is 13.4. The molecule has 168 valence electrons. The monoisotopic (exact) mass is 494 g/mol. The van der Waals surface area contributed by atoms with E-state index in [0.29, 0.717) is 20.4 Å². The highest BCUT2D eigenvalue weighted by Gasteiger charge is 2.27. The number of carbonyl (C=O) groups is 1. The summed E-state index contributed by atoms with van der Waals surface area (Å²) in [6.45, 7) is 6.14. The number of hydrogen-bond acceptors (Lipinski definition) is 7. The first-order valence-corrected chi connectivity index (χ1v) is 13.2. The summed E-state index contributed by atoms with van der Waals surface area (Å²) >= 11 is 4.30. The minimum Gasteiger partial charge on any atom is -0.301 e. The van der Waals surface area contributed by atoms with Crippen LogP contribution in [0.5, 0.6) is 0 Å². The lowest BCUT2D eigenvalue weighted by Gasteiger charge is -2.13. The van der Waals surface area contributed by atoms with Gasteiger partial charge in [0.15, 0.2) is 10.3 Å². The van der Waals surface area contributed by atoms with Crippen LogP contribution in [0, 0.1) is 13.8 Å². The maximum Gasteiger partial charge on any atom is 0.272 e. The topological polar surface area (TPSA) is 76.9 Å². The Balaban J connectivity index is 1.40. The predicted molar refractivity (Wildman–Crippen MR) is 137 cm³/mol. The molecule has 9 heteroatoms. The van der Waals surface area contributed by atoms with Crippen molar-refractivity contribution in [3.63, 3.8) is 0 Å². The molecule has 1 aliphatic rings. The lowest BCUT2D eigenvalue weighted by Crippen LogP contribution is -2.24. The number of thiazole rings is 1. The van der Waals surface area contributed by atoms with Gasteiger partial charge >= 0.3 is 0 Å². The molecule has 3 heterocycles. The highest BCUT2D eigenvalue weighted by atomic mass is 32.2. The minimum absolute atomic E-state index is 0.0670. The van der Waals surface area contributed by atoms with Gasteiger partial charge < -0.3 is 5.32 Å². The standard InChI is InChI=1S/C24H22N4O2S3/c1-13-4-7-16(8-5-13)28-22(30)21-18(11-15(3)32-21)26-24(28)31-12-20(29)27-23-25-17-9-6-14(2)10-19(17)33-23/h4-10,15H,11-12H2,1-3H3,(H,25,27,29). The van der Waals surface area contributed by atoms with E-state index in [2.05, 4.69) is 23.3 Å². The first kappa shape index (κ1) is 22.2. The van der Waals surface area contributed by atoms with E-state index in [1.54, 1.807) is 16.3 Å². The Morgan fingerprint density at radius 3 is 2.70 bits per heavy atom. The van der Waals surface area contributed by atoms with E-state index < -0.39 is 0 Å². The zero-order valence-corrected chi connectivity index (χ0v) is 20.9. The fraction of sp³-hybridized carbons (Fsp3) is 0.250. The van der Waals surface area contributed by atoms with Crippen LogP contribution in [0.25, 0.3) is 15.9 Å². The summed E-state index contributed by atoms with van der Waals surface area (Å²) in [6, 6.07) is 13.8. The summed E-state index contributed by atoms with van der Waals surface area (Å²) in [5, 5.41) is 4.32. The molecule has 0 fully saturated rings. The molecular formula is C24H22N4O2S3. The Morgan fingerprint density at radius 2 is 1.91 bits per heavy atom. The third kappa shape index (κ3) is 4.58. The number of thioether (sulfide) groups is 2. The number of nitrogens with zero attached hydrogens (tertiary/aromatic N) is 3. The molecule has 1 unspecified atom stereocenters. The molecule has 1 amide bonds. The van der Waals surface area contributed by atoms with Gasteiger partial charge in [-0.15, -0.1) is 11.8 Å². The van der Waals surface area contributed by atoms with Crippen LogP contribution in [0.15, 0.2) is 57.3 Å². The van der Waals surface area contributed by atoms with Crippen molar-refractivity contribution in [1.82, 2.24) is 14.5 Å². The molecule has 5 rings (SSSR count). The molecule has 0 saturated heterocycles. The van der Waals surface area contributed by atoms with Crippen LogP contribution < -0.4 is 10.9 Å². The average molecular weight is 495 g/mol. The summed E-state index contributed by atoms with van der Waals surface area (Å²) in [6.07, 6.45) is 0.759. The number of benzene rings is 2. The van der Waals surface area contributed by atoms with E-state index in [0.717, 1.165) is 39.1 Å². The van der Waals surface area contributed by atoms with Crippen LogP contribution in [-0.2, 0) is 11.2 Å². The molecular weight excluding hydrogens is 472 g/mol. The predicted octanol–water partition coefficient (Wildman–Crippen LogP) is 5.23. The molecule has 1 aliphatic heterocycles. The largest absolute Gasteiger partial charge is 0.301 e. The lowest BCUT2D eigenvalue weighted by atomic mass is 10.2. The molecule has 0 saturated carbocycles. The number of rotatable bonds is 5. The first-order chi connectivity index (χ1) is 15.9. The normalized spacial score (nSPS) is 15.1. The number of fused-ring (bicyclic) bond motifs is 2. The molecule has 0 aliphatic carbocycles. The van der Waals surface area contributed by atoms with Gasteiger partial charge in [-0.05, 0) is 43.7 Å². The summed E-state index contributed by atoms with van der Waals surface area (Å²) < 4.78 is 2.67. The second-order valence-electron chi connectivity index (χ2n) is 8.11. The maximum absolute atomic E-state index is 13.4. The Labute approximate surface area is 203 Å². The molecule has 0 spiro atoms. The van der Waals surface area contributed by atoms with E-state index in [4.69, 9.17) is 4.98 Å². The van der Waals surface area contributed by atoms with Gasteiger partial charge in [0.1, 0.15) is 0 Å². The van der Waals surface area contributed by atoms with Crippen LogP contribution >= 0.6 is 34.9 Å². The number of nitrogens with one attached hydrogen (secondary N) is 1. The van der Waals surface area contributed by atoms with Gasteiger partial charge in [-0.2, -0.15) is 0 Å². The highest BCUT2D eigenvalue weighted by Crippen LogP contribution is 2.35. The van der Waals surface area contributed by atoms with Gasteiger partial charge in [0.2, 0.25) is 5.91 Å². The number of carbonyl (C=O) groups excluding carboxylic acids is 1. The zero-order chi connectivity index (χ0) is 23.1. The van der Waals surface area contributed by atoms with Crippen LogP contribution in [-0.4, -0.2) is 31.4 Å². The van der Waals surface area contributed by atoms with E-state index in [1.165, 1.54) is 23.1 Å². The van der Waals surface area contributed by atoms with Crippen LogP contribution in [0.3, 0.4) is 0 Å². The Kier molecular flexibility index (Phi) is 6.03. The molecule has 2 aromatic heterocycles. The summed E-state index contributed by atoms with van der Waals surface area (Å²) in [5.74, 6) is -0.0434. The van der Waals surface area contributed by atoms with Crippen LogP contribution in [0.2, 0.25) is 0 Å². The molecule has 6 nitrogen and oxygen atoms in total. The molecule has 0 radical (unpaired) electrons. The van der Waals surface area contributed by atoms with Gasteiger partial charge in [0.05, 0.1) is 32.2 Å². The quantitative estimate of drug-likeness (QED) is 0.303. The molecule has 4 aromatic rings. The molecule has 1 N–H and O–H groups in total. The number of hydrogen-bond donors (Lipinski definition) is 1. The number of aryl methyl sites for hydroxylation is 2. The minimum atomic E-state index is -0.177. The lowest BCUT2D eigenvalue weighted by molar-refractivity contribution is -0.113. The number of anilines is 1. The van der Waals surface area contributed by atoms with Gasteiger partial charge in [-0.3, -0.25) is 14.2 Å². The smallest absolute Gasteiger partial charge is 0.272 e. The van der Waals surface area contributed by atoms with Crippen molar-refractivity contribution in [2.45, 2.75) is 42.5 Å². The van der Waals surface area contributed by atoms with E-state index in [-0.39, 0.29) is 17.2 Å². The SMILES string of the molecule is Cc1ccc(-n2c(SCC(=O)Nc3nc4ccc(C)cc4s3)nc3c(c2=O)SC(C)C3)cc1. The number of aromatic nitrogens is 3. The Morgan fingerprint density at radius 1 is 1.15 bits per heavy atom. The van der Waals surface area contributed by atoms with Gasteiger partial charge in [-0.1, -0.05) is 53.8 Å². The first-order valence-electron chi connectivity index (χ1n) is 10.6. The van der Waals surface area contributed by atoms with Crippen LogP contribution in [0.4, 0.5) is 5.13 Å². The average Bonchev–Trinajstić information content (AvgIpc) is 3.35. The molecule has 1 atom stereocenters. The Hall–Kier alpha value is -2.62.